The van der Waals surface area contributed by atoms with E-state index < -0.39 is 5.25 Å². The predicted molar refractivity (Wildman–Crippen MR) is 102 cm³/mol. The second-order valence-corrected chi connectivity index (χ2v) is 8.31. The molecule has 1 aliphatic carbocycles. The summed E-state index contributed by atoms with van der Waals surface area (Å²) in [7, 11) is 0. The van der Waals surface area contributed by atoms with Crippen molar-refractivity contribution in [2.45, 2.75) is 56.0 Å². The number of ether oxygens (including phenoxy) is 1. The lowest BCUT2D eigenvalue weighted by molar-refractivity contribution is -0.142. The Morgan fingerprint density at radius 2 is 2.15 bits per heavy atom. The summed E-state index contributed by atoms with van der Waals surface area (Å²) >= 11 is 1.33. The van der Waals surface area contributed by atoms with Crippen LogP contribution < -0.4 is 5.56 Å². The van der Waals surface area contributed by atoms with E-state index in [9.17, 15) is 9.59 Å². The molecule has 2 aromatic rings. The predicted octanol–water partition coefficient (Wildman–Crippen LogP) is 3.17. The molecule has 0 radical (unpaired) electrons. The molecule has 0 amide bonds. The molecule has 2 aliphatic rings. The molecule has 2 heterocycles. The molecule has 1 aliphatic heterocycles. The van der Waals surface area contributed by atoms with Crippen molar-refractivity contribution < 1.29 is 9.53 Å². The van der Waals surface area contributed by atoms with Crippen molar-refractivity contribution >= 4 is 17.7 Å². The van der Waals surface area contributed by atoms with Crippen molar-refractivity contribution in [2.24, 2.45) is 0 Å². The summed E-state index contributed by atoms with van der Waals surface area (Å²) in [5.74, 6) is -0.279. The van der Waals surface area contributed by atoms with E-state index in [0.29, 0.717) is 18.3 Å². The van der Waals surface area contributed by atoms with Crippen LogP contribution in [0.2, 0.25) is 0 Å². The van der Waals surface area contributed by atoms with Gasteiger partial charge in [-0.3, -0.25) is 14.2 Å². The highest BCUT2D eigenvalue weighted by Crippen LogP contribution is 2.44. The summed E-state index contributed by atoms with van der Waals surface area (Å²) in [6.07, 6.45) is 1.69. The third-order valence-corrected chi connectivity index (χ3v) is 6.67. The number of hydrogen-bond acceptors (Lipinski definition) is 5. The molecular weight excluding hydrogens is 348 g/mol. The van der Waals surface area contributed by atoms with Crippen LogP contribution in [0.1, 0.15) is 38.3 Å². The van der Waals surface area contributed by atoms with Crippen LogP contribution in [0.5, 0.6) is 0 Å². The highest BCUT2D eigenvalue weighted by atomic mass is 32.2. The van der Waals surface area contributed by atoms with Crippen LogP contribution in [-0.4, -0.2) is 27.4 Å². The number of carbonyl (C=O) groups is 1. The zero-order valence-electron chi connectivity index (χ0n) is 15.2. The van der Waals surface area contributed by atoms with Gasteiger partial charge in [0, 0.05) is 11.0 Å². The van der Waals surface area contributed by atoms with Gasteiger partial charge in [0.2, 0.25) is 0 Å². The zero-order valence-corrected chi connectivity index (χ0v) is 16.1. The topological polar surface area (TPSA) is 61.2 Å². The Hall–Kier alpha value is -2.08. The van der Waals surface area contributed by atoms with E-state index in [1.807, 2.05) is 18.2 Å². The lowest BCUT2D eigenvalue weighted by Crippen LogP contribution is -2.39. The fourth-order valence-corrected chi connectivity index (χ4v) is 5.00. The van der Waals surface area contributed by atoms with Crippen molar-refractivity contribution in [3.05, 3.63) is 45.7 Å². The third-order valence-electron chi connectivity index (χ3n) is 5.52. The SMILES string of the molecule is CCOC(=O)[C@@H]1Cn2c(nc3c(c2=O)[C@](C)(CC)Cc2ccccc2-3)S1. The van der Waals surface area contributed by atoms with Gasteiger partial charge in [-0.2, -0.15) is 0 Å². The third kappa shape index (κ3) is 2.50. The molecule has 136 valence electrons. The number of rotatable bonds is 3. The van der Waals surface area contributed by atoms with Gasteiger partial charge in [0.05, 0.1) is 24.4 Å². The molecule has 0 saturated heterocycles. The van der Waals surface area contributed by atoms with Gasteiger partial charge in [0.15, 0.2) is 5.16 Å². The van der Waals surface area contributed by atoms with Crippen LogP contribution in [0.4, 0.5) is 0 Å². The first-order chi connectivity index (χ1) is 12.5. The fourth-order valence-electron chi connectivity index (χ4n) is 3.93. The van der Waals surface area contributed by atoms with Crippen LogP contribution in [0.25, 0.3) is 11.3 Å². The molecule has 26 heavy (non-hydrogen) atoms. The van der Waals surface area contributed by atoms with E-state index in [1.165, 1.54) is 17.3 Å². The van der Waals surface area contributed by atoms with Crippen LogP contribution in [0.15, 0.2) is 34.2 Å². The maximum absolute atomic E-state index is 13.4. The molecule has 2 atom stereocenters. The Labute approximate surface area is 156 Å². The first-order valence-electron chi connectivity index (χ1n) is 9.05. The number of aromatic nitrogens is 2. The summed E-state index contributed by atoms with van der Waals surface area (Å²) in [5, 5.41) is 0.212. The molecular formula is C20H22N2O3S. The largest absolute Gasteiger partial charge is 0.465 e. The minimum Gasteiger partial charge on any atom is -0.465 e. The van der Waals surface area contributed by atoms with Crippen molar-refractivity contribution in [1.29, 1.82) is 0 Å². The number of nitrogens with zero attached hydrogens (tertiary/aromatic N) is 2. The van der Waals surface area contributed by atoms with Gasteiger partial charge in [0.1, 0.15) is 5.25 Å². The van der Waals surface area contributed by atoms with Crippen LogP contribution >= 0.6 is 11.8 Å². The van der Waals surface area contributed by atoms with Gasteiger partial charge in [-0.25, -0.2) is 4.98 Å². The van der Waals surface area contributed by atoms with E-state index in [4.69, 9.17) is 9.72 Å². The maximum atomic E-state index is 13.4. The lowest BCUT2D eigenvalue weighted by Gasteiger charge is -2.35. The van der Waals surface area contributed by atoms with Crippen LogP contribution in [0, 0.1) is 0 Å². The highest BCUT2D eigenvalue weighted by Gasteiger charge is 2.41. The Balaban J connectivity index is 1.89. The van der Waals surface area contributed by atoms with Gasteiger partial charge >= 0.3 is 5.97 Å². The number of benzene rings is 1. The molecule has 0 saturated carbocycles. The normalized spacial score (nSPS) is 23.1. The number of esters is 1. The number of carbonyl (C=O) groups excluding carboxylic acids is 1. The molecule has 0 fully saturated rings. The van der Waals surface area contributed by atoms with Gasteiger partial charge in [0.25, 0.3) is 5.56 Å². The smallest absolute Gasteiger partial charge is 0.321 e. The Morgan fingerprint density at radius 3 is 2.88 bits per heavy atom. The minimum atomic E-state index is -0.401. The number of hydrogen-bond donors (Lipinski definition) is 0. The van der Waals surface area contributed by atoms with Crippen molar-refractivity contribution in [1.82, 2.24) is 9.55 Å². The quantitative estimate of drug-likeness (QED) is 0.613. The Morgan fingerprint density at radius 1 is 1.38 bits per heavy atom. The average Bonchev–Trinajstić information content (AvgIpc) is 3.07. The van der Waals surface area contributed by atoms with E-state index in [2.05, 4.69) is 19.9 Å². The molecule has 0 bridgehead atoms. The molecule has 5 nitrogen and oxygen atoms in total. The van der Waals surface area contributed by atoms with Gasteiger partial charge in [-0.15, -0.1) is 0 Å². The van der Waals surface area contributed by atoms with Crippen molar-refractivity contribution in [3.63, 3.8) is 0 Å². The second-order valence-electron chi connectivity index (χ2n) is 7.14. The molecule has 1 aromatic heterocycles. The summed E-state index contributed by atoms with van der Waals surface area (Å²) in [4.78, 5) is 30.4. The van der Waals surface area contributed by atoms with Crippen LogP contribution in [0.3, 0.4) is 0 Å². The minimum absolute atomic E-state index is 0.0110. The lowest BCUT2D eigenvalue weighted by atomic mass is 9.69. The Kier molecular flexibility index (Phi) is 4.18. The molecule has 4 rings (SSSR count). The molecule has 6 heteroatoms. The summed E-state index contributed by atoms with van der Waals surface area (Å²) in [6, 6.07) is 8.17. The summed E-state index contributed by atoms with van der Waals surface area (Å²) in [5.41, 5.74) is 3.57. The first kappa shape index (κ1) is 17.3. The monoisotopic (exact) mass is 370 g/mol. The van der Waals surface area contributed by atoms with Gasteiger partial charge < -0.3 is 4.74 Å². The average molecular weight is 370 g/mol. The first-order valence-corrected chi connectivity index (χ1v) is 9.93. The van der Waals surface area contributed by atoms with E-state index in [1.54, 1.807) is 11.5 Å². The van der Waals surface area contributed by atoms with Crippen molar-refractivity contribution in [2.75, 3.05) is 6.61 Å². The second kappa shape index (κ2) is 6.27. The fraction of sp³-hybridized carbons (Fsp3) is 0.450. The number of fused-ring (bicyclic) bond motifs is 4. The maximum Gasteiger partial charge on any atom is 0.321 e. The Bertz CT molecular complexity index is 953. The van der Waals surface area contributed by atoms with E-state index >= 15 is 0 Å². The van der Waals surface area contributed by atoms with Gasteiger partial charge in [-0.05, 0) is 25.3 Å². The van der Waals surface area contributed by atoms with E-state index in [-0.39, 0.29) is 16.9 Å². The summed E-state index contributed by atoms with van der Waals surface area (Å²) in [6.45, 7) is 6.72. The standard InChI is InChI=1S/C20H22N2O3S/c1-4-20(3)10-12-8-6-7-9-13(12)16-15(20)17(23)22-11-14(18(24)25-5-2)26-19(22)21-16/h6-9,14H,4-5,10-11H2,1-3H3/t14-,20+/m0/s1. The summed E-state index contributed by atoms with van der Waals surface area (Å²) < 4.78 is 6.80. The van der Waals surface area contributed by atoms with E-state index in [0.717, 1.165) is 29.7 Å². The molecule has 1 aromatic carbocycles. The van der Waals surface area contributed by atoms with Gasteiger partial charge in [-0.1, -0.05) is 49.9 Å². The number of thioether (sulfide) groups is 1. The molecule has 0 unspecified atom stereocenters. The molecule has 0 N–H and O–H groups in total. The van der Waals surface area contributed by atoms with Crippen LogP contribution in [-0.2, 0) is 27.9 Å². The highest BCUT2D eigenvalue weighted by molar-refractivity contribution is 8.00. The molecule has 0 spiro atoms. The van der Waals surface area contributed by atoms with Crippen molar-refractivity contribution in [3.8, 4) is 11.3 Å². The zero-order chi connectivity index (χ0) is 18.5.